The molecule has 0 aliphatic rings. The molecule has 7 nitrogen and oxygen atoms in total. The van der Waals surface area contributed by atoms with Crippen molar-refractivity contribution in [3.63, 3.8) is 0 Å². The Morgan fingerprint density at radius 2 is 1.52 bits per heavy atom. The topological polar surface area (TPSA) is 74.1 Å². The molecule has 0 spiro atoms. The molecule has 0 aromatic heterocycles. The number of nitro groups is 1. The third-order valence-electron chi connectivity index (χ3n) is 3.36. The third-order valence-corrected chi connectivity index (χ3v) is 3.36. The summed E-state index contributed by atoms with van der Waals surface area (Å²) in [6.45, 7) is 9.96. The minimum absolute atomic E-state index is 0.0514. The lowest BCUT2D eigenvalue weighted by Gasteiger charge is -2.17. The van der Waals surface area contributed by atoms with Crippen LogP contribution in [0.15, 0.2) is 24.3 Å². The highest BCUT2D eigenvalue weighted by Crippen LogP contribution is 2.16. The van der Waals surface area contributed by atoms with E-state index in [9.17, 15) is 10.1 Å². The van der Waals surface area contributed by atoms with Gasteiger partial charge in [-0.25, -0.2) is 0 Å². The zero-order chi connectivity index (χ0) is 16.9. The van der Waals surface area contributed by atoms with E-state index in [4.69, 9.17) is 14.2 Å². The van der Waals surface area contributed by atoms with Crippen molar-refractivity contribution in [2.75, 3.05) is 52.7 Å². The molecule has 1 aromatic rings. The van der Waals surface area contributed by atoms with E-state index < -0.39 is 4.92 Å². The van der Waals surface area contributed by atoms with Crippen molar-refractivity contribution < 1.29 is 19.1 Å². The van der Waals surface area contributed by atoms with Crippen LogP contribution in [0.5, 0.6) is 5.75 Å². The molecule has 0 aliphatic carbocycles. The van der Waals surface area contributed by atoms with Crippen LogP contribution in [0.1, 0.15) is 13.8 Å². The summed E-state index contributed by atoms with van der Waals surface area (Å²) in [6.07, 6.45) is 0. The summed E-state index contributed by atoms with van der Waals surface area (Å²) >= 11 is 0. The maximum absolute atomic E-state index is 10.5. The monoisotopic (exact) mass is 326 g/mol. The van der Waals surface area contributed by atoms with Crippen molar-refractivity contribution in [2.24, 2.45) is 0 Å². The SMILES string of the molecule is CCN(CC)CCOCCOCCOc1ccc([N+](=O)[O-])cc1. The fourth-order valence-corrected chi connectivity index (χ4v) is 1.94. The van der Waals surface area contributed by atoms with E-state index in [0.29, 0.717) is 38.8 Å². The Balaban J connectivity index is 1.98. The molecule has 0 atom stereocenters. The van der Waals surface area contributed by atoms with E-state index >= 15 is 0 Å². The zero-order valence-corrected chi connectivity index (χ0v) is 13.9. The summed E-state index contributed by atoms with van der Waals surface area (Å²) in [6, 6.07) is 5.99. The van der Waals surface area contributed by atoms with Gasteiger partial charge in [0.2, 0.25) is 0 Å². The second kappa shape index (κ2) is 11.8. The molecule has 7 heteroatoms. The minimum atomic E-state index is -0.437. The molecular weight excluding hydrogens is 300 g/mol. The smallest absolute Gasteiger partial charge is 0.269 e. The molecule has 0 unspecified atom stereocenters. The van der Waals surface area contributed by atoms with E-state index in [1.165, 1.54) is 12.1 Å². The van der Waals surface area contributed by atoms with Crippen molar-refractivity contribution in [3.8, 4) is 5.75 Å². The number of non-ortho nitro benzene ring substituents is 1. The molecule has 1 rings (SSSR count). The van der Waals surface area contributed by atoms with E-state index in [0.717, 1.165) is 19.6 Å². The molecule has 0 heterocycles. The number of rotatable bonds is 13. The van der Waals surface area contributed by atoms with Crippen LogP contribution in [-0.4, -0.2) is 62.5 Å². The van der Waals surface area contributed by atoms with Crippen molar-refractivity contribution in [1.82, 2.24) is 4.90 Å². The highest BCUT2D eigenvalue weighted by Gasteiger charge is 2.04. The van der Waals surface area contributed by atoms with Gasteiger partial charge in [-0.3, -0.25) is 10.1 Å². The molecule has 0 aliphatic heterocycles. The lowest BCUT2D eigenvalue weighted by Crippen LogP contribution is -2.27. The van der Waals surface area contributed by atoms with Crippen molar-refractivity contribution >= 4 is 5.69 Å². The highest BCUT2D eigenvalue weighted by atomic mass is 16.6. The van der Waals surface area contributed by atoms with Crippen LogP contribution < -0.4 is 4.74 Å². The largest absolute Gasteiger partial charge is 0.491 e. The molecule has 1 aromatic carbocycles. The lowest BCUT2D eigenvalue weighted by atomic mass is 10.3. The Kier molecular flexibility index (Phi) is 9.94. The van der Waals surface area contributed by atoms with Crippen LogP contribution >= 0.6 is 0 Å². The summed E-state index contributed by atoms with van der Waals surface area (Å²) in [4.78, 5) is 12.4. The Labute approximate surface area is 137 Å². The van der Waals surface area contributed by atoms with Crippen LogP contribution in [-0.2, 0) is 9.47 Å². The Morgan fingerprint density at radius 1 is 0.957 bits per heavy atom. The van der Waals surface area contributed by atoms with Crippen LogP contribution in [0.2, 0.25) is 0 Å². The fourth-order valence-electron chi connectivity index (χ4n) is 1.94. The summed E-state index contributed by atoms with van der Waals surface area (Å²) in [5.41, 5.74) is 0.0514. The number of ether oxygens (including phenoxy) is 3. The summed E-state index contributed by atoms with van der Waals surface area (Å²) < 4.78 is 16.3. The standard InChI is InChI=1S/C16H26N2O5/c1-3-17(4-2)9-10-21-11-12-22-13-14-23-16-7-5-15(6-8-16)18(19)20/h5-8H,3-4,9-14H2,1-2H3. The summed E-state index contributed by atoms with van der Waals surface area (Å²) in [5.74, 6) is 0.592. The average molecular weight is 326 g/mol. The first-order valence-corrected chi connectivity index (χ1v) is 7.92. The van der Waals surface area contributed by atoms with E-state index in [2.05, 4.69) is 18.7 Å². The number of likely N-dealkylation sites (N-methyl/N-ethyl adjacent to an activating group) is 1. The van der Waals surface area contributed by atoms with Crippen LogP contribution in [0.25, 0.3) is 0 Å². The Bertz CT molecular complexity index is 435. The second-order valence-corrected chi connectivity index (χ2v) is 4.85. The number of hydrogen-bond acceptors (Lipinski definition) is 6. The maximum Gasteiger partial charge on any atom is 0.269 e. The second-order valence-electron chi connectivity index (χ2n) is 4.85. The molecule has 0 N–H and O–H groups in total. The van der Waals surface area contributed by atoms with Gasteiger partial charge in [-0.15, -0.1) is 0 Å². The van der Waals surface area contributed by atoms with Crippen LogP contribution in [0.4, 0.5) is 5.69 Å². The van der Waals surface area contributed by atoms with Gasteiger partial charge in [-0.1, -0.05) is 13.8 Å². The summed E-state index contributed by atoms with van der Waals surface area (Å²) in [7, 11) is 0. The van der Waals surface area contributed by atoms with E-state index in [-0.39, 0.29) is 5.69 Å². The van der Waals surface area contributed by atoms with Crippen molar-refractivity contribution in [2.45, 2.75) is 13.8 Å². The predicted molar refractivity (Wildman–Crippen MR) is 88.0 cm³/mol. The van der Waals surface area contributed by atoms with Gasteiger partial charge in [-0.05, 0) is 25.2 Å². The van der Waals surface area contributed by atoms with E-state index in [1.54, 1.807) is 12.1 Å². The van der Waals surface area contributed by atoms with Crippen molar-refractivity contribution in [3.05, 3.63) is 34.4 Å². The number of nitro benzene ring substituents is 1. The summed E-state index contributed by atoms with van der Waals surface area (Å²) in [5, 5.41) is 10.5. The van der Waals surface area contributed by atoms with E-state index in [1.807, 2.05) is 0 Å². The van der Waals surface area contributed by atoms with Gasteiger partial charge in [0, 0.05) is 18.7 Å². The molecule has 0 saturated carbocycles. The maximum atomic E-state index is 10.5. The average Bonchev–Trinajstić information content (AvgIpc) is 2.57. The number of hydrogen-bond donors (Lipinski definition) is 0. The van der Waals surface area contributed by atoms with Crippen molar-refractivity contribution in [1.29, 1.82) is 0 Å². The quantitative estimate of drug-likeness (QED) is 0.315. The number of nitrogens with zero attached hydrogens (tertiary/aromatic N) is 2. The molecule has 0 fully saturated rings. The first kappa shape index (κ1) is 19.3. The van der Waals surface area contributed by atoms with Gasteiger partial charge in [0.25, 0.3) is 5.69 Å². The van der Waals surface area contributed by atoms with Crippen LogP contribution in [0.3, 0.4) is 0 Å². The predicted octanol–water partition coefficient (Wildman–Crippen LogP) is 2.35. The molecule has 0 bridgehead atoms. The molecule has 130 valence electrons. The third kappa shape index (κ3) is 8.49. The Morgan fingerprint density at radius 3 is 2.09 bits per heavy atom. The molecule has 0 radical (unpaired) electrons. The molecular formula is C16H26N2O5. The van der Waals surface area contributed by atoms with Gasteiger partial charge in [-0.2, -0.15) is 0 Å². The van der Waals surface area contributed by atoms with Gasteiger partial charge in [0.05, 0.1) is 31.4 Å². The molecule has 0 saturated heterocycles. The molecule has 0 amide bonds. The van der Waals surface area contributed by atoms with Gasteiger partial charge in [0.15, 0.2) is 0 Å². The first-order valence-electron chi connectivity index (χ1n) is 7.92. The first-order chi connectivity index (χ1) is 11.2. The Hall–Kier alpha value is -1.70. The molecule has 23 heavy (non-hydrogen) atoms. The van der Waals surface area contributed by atoms with Gasteiger partial charge >= 0.3 is 0 Å². The number of benzene rings is 1. The van der Waals surface area contributed by atoms with Gasteiger partial charge in [0.1, 0.15) is 12.4 Å². The minimum Gasteiger partial charge on any atom is -0.491 e. The zero-order valence-electron chi connectivity index (χ0n) is 13.9. The normalized spacial score (nSPS) is 10.9. The van der Waals surface area contributed by atoms with Gasteiger partial charge < -0.3 is 19.1 Å². The highest BCUT2D eigenvalue weighted by molar-refractivity contribution is 5.35. The fraction of sp³-hybridized carbons (Fsp3) is 0.625. The lowest BCUT2D eigenvalue weighted by molar-refractivity contribution is -0.384. The van der Waals surface area contributed by atoms with Crippen LogP contribution in [0, 0.1) is 10.1 Å².